The molecule has 1 aliphatic heterocycles. The Bertz CT molecular complexity index is 996. The maximum Gasteiger partial charge on any atom is 0.187 e. The predicted octanol–water partition coefficient (Wildman–Crippen LogP) is -1.55. The average molecular weight is 521 g/mol. The molecule has 202 valence electrons. The minimum Gasteiger partial charge on any atom is -0.394 e. The molecule has 0 aliphatic carbocycles. The molecular weight excluding hydrogens is 488 g/mol. The third-order valence-corrected chi connectivity index (χ3v) is 5.57. The van der Waals surface area contributed by atoms with Crippen LogP contribution in [-0.4, -0.2) is 110 Å². The SMILES string of the molecule is OC[C@@H](O)[C@H](O[C@@H]1O[C@H](CO)[C@@H](O)[C@H](O)[C@H]1O)[C@@H](O)C(C=NNc1ccccc1)=NNc1ccccc1. The Kier molecular flexibility index (Phi) is 10.9. The molecule has 0 saturated carbocycles. The van der Waals surface area contributed by atoms with E-state index < -0.39 is 62.2 Å². The number of aliphatic hydroxyl groups is 7. The molecule has 37 heavy (non-hydrogen) atoms. The van der Waals surface area contributed by atoms with Gasteiger partial charge in [-0.15, -0.1) is 0 Å². The quantitative estimate of drug-likeness (QED) is 0.116. The highest BCUT2D eigenvalue weighted by Gasteiger charge is 2.46. The van der Waals surface area contributed by atoms with Gasteiger partial charge in [-0.25, -0.2) is 0 Å². The number of benzene rings is 2. The molecule has 0 radical (unpaired) electrons. The van der Waals surface area contributed by atoms with Crippen molar-refractivity contribution in [2.75, 3.05) is 24.1 Å². The van der Waals surface area contributed by atoms with Crippen molar-refractivity contribution in [1.82, 2.24) is 0 Å². The van der Waals surface area contributed by atoms with E-state index in [4.69, 9.17) is 9.47 Å². The van der Waals surface area contributed by atoms with Crippen molar-refractivity contribution < 1.29 is 45.2 Å². The Balaban J connectivity index is 1.85. The number of hydrogen-bond acceptors (Lipinski definition) is 13. The average Bonchev–Trinajstić information content (AvgIpc) is 2.93. The first-order valence-corrected chi connectivity index (χ1v) is 11.5. The summed E-state index contributed by atoms with van der Waals surface area (Å²) in [5, 5.41) is 79.1. The molecule has 3 rings (SSSR count). The second-order valence-corrected chi connectivity index (χ2v) is 8.24. The molecule has 0 unspecified atom stereocenters. The molecule has 1 aliphatic rings. The molecule has 0 spiro atoms. The van der Waals surface area contributed by atoms with Crippen LogP contribution in [0.1, 0.15) is 0 Å². The van der Waals surface area contributed by atoms with Crippen LogP contribution in [0.25, 0.3) is 0 Å². The van der Waals surface area contributed by atoms with Gasteiger partial charge in [-0.1, -0.05) is 36.4 Å². The van der Waals surface area contributed by atoms with Gasteiger partial charge in [-0.3, -0.25) is 10.9 Å². The van der Waals surface area contributed by atoms with Gasteiger partial charge in [0, 0.05) is 0 Å². The summed E-state index contributed by atoms with van der Waals surface area (Å²) in [6.45, 7) is -1.55. The van der Waals surface area contributed by atoms with E-state index in [0.717, 1.165) is 0 Å². The van der Waals surface area contributed by atoms with E-state index in [1.165, 1.54) is 6.21 Å². The molecule has 0 amide bonds. The first-order chi connectivity index (χ1) is 17.8. The second-order valence-electron chi connectivity index (χ2n) is 8.24. The molecule has 9 N–H and O–H groups in total. The molecule has 13 nitrogen and oxygen atoms in total. The minimum absolute atomic E-state index is 0.144. The third kappa shape index (κ3) is 7.75. The lowest BCUT2D eigenvalue weighted by Crippen LogP contribution is -2.61. The van der Waals surface area contributed by atoms with Gasteiger partial charge < -0.3 is 45.2 Å². The Morgan fingerprint density at radius 3 is 2.05 bits per heavy atom. The number of para-hydroxylation sites is 2. The molecule has 1 fully saturated rings. The van der Waals surface area contributed by atoms with E-state index in [-0.39, 0.29) is 5.71 Å². The van der Waals surface area contributed by atoms with Crippen LogP contribution in [0, 0.1) is 0 Å². The van der Waals surface area contributed by atoms with Gasteiger partial charge in [0.15, 0.2) is 6.29 Å². The lowest BCUT2D eigenvalue weighted by Gasteiger charge is -2.41. The minimum atomic E-state index is -1.80. The highest BCUT2D eigenvalue weighted by Crippen LogP contribution is 2.24. The third-order valence-electron chi connectivity index (χ3n) is 5.57. The van der Waals surface area contributed by atoms with Gasteiger partial charge >= 0.3 is 0 Å². The van der Waals surface area contributed by atoms with Crippen molar-refractivity contribution >= 4 is 23.3 Å². The smallest absolute Gasteiger partial charge is 0.187 e. The molecule has 1 saturated heterocycles. The van der Waals surface area contributed by atoms with Crippen LogP contribution in [0.4, 0.5) is 11.4 Å². The van der Waals surface area contributed by atoms with E-state index in [9.17, 15) is 35.7 Å². The molecule has 1 heterocycles. The summed E-state index contributed by atoms with van der Waals surface area (Å²) in [4.78, 5) is 0. The van der Waals surface area contributed by atoms with Crippen molar-refractivity contribution in [3.05, 3.63) is 60.7 Å². The van der Waals surface area contributed by atoms with Gasteiger partial charge in [0.2, 0.25) is 0 Å². The van der Waals surface area contributed by atoms with E-state index >= 15 is 0 Å². The Morgan fingerprint density at radius 2 is 1.49 bits per heavy atom. The molecule has 13 heteroatoms. The van der Waals surface area contributed by atoms with Crippen LogP contribution in [0.2, 0.25) is 0 Å². The summed E-state index contributed by atoms with van der Waals surface area (Å²) in [5.41, 5.74) is 6.59. The topological polar surface area (TPSA) is 209 Å². The van der Waals surface area contributed by atoms with E-state index in [0.29, 0.717) is 11.4 Å². The van der Waals surface area contributed by atoms with Crippen molar-refractivity contribution in [3.63, 3.8) is 0 Å². The fraction of sp³-hybridized carbons (Fsp3) is 0.417. The summed E-state index contributed by atoms with van der Waals surface area (Å²) in [7, 11) is 0. The summed E-state index contributed by atoms with van der Waals surface area (Å²) >= 11 is 0. The zero-order chi connectivity index (χ0) is 26.8. The van der Waals surface area contributed by atoms with Gasteiger partial charge in [0.25, 0.3) is 0 Å². The normalized spacial score (nSPS) is 27.0. The van der Waals surface area contributed by atoms with Gasteiger partial charge in [-0.05, 0) is 24.3 Å². The predicted molar refractivity (Wildman–Crippen MR) is 134 cm³/mol. The molecule has 0 aromatic heterocycles. The van der Waals surface area contributed by atoms with Gasteiger partial charge in [0.05, 0.1) is 30.8 Å². The lowest BCUT2D eigenvalue weighted by atomic mass is 9.98. The fourth-order valence-electron chi connectivity index (χ4n) is 3.48. The standard InChI is InChI=1S/C24H32N4O9/c29-12-17(31)23(37-24-22(35)21(34)20(33)18(13-30)36-24)19(32)16(28-27-15-9-5-2-6-10-15)11-25-26-14-7-3-1-4-8-14/h1-11,17-24,26-27,29-35H,12-13H2/t17-,18-,19+,20-,21+,22-,23+,24+/m1/s1. The number of hydrazone groups is 2. The summed E-state index contributed by atoms with van der Waals surface area (Å²) in [6, 6.07) is 17.7. The molecule has 8 atom stereocenters. The molecule has 2 aromatic rings. The van der Waals surface area contributed by atoms with Crippen LogP contribution in [0.3, 0.4) is 0 Å². The number of anilines is 2. The first kappa shape index (κ1) is 28.6. The van der Waals surface area contributed by atoms with Crippen LogP contribution < -0.4 is 10.9 Å². The van der Waals surface area contributed by atoms with Crippen molar-refractivity contribution in [3.8, 4) is 0 Å². The molecule has 2 aromatic carbocycles. The number of hydrogen-bond donors (Lipinski definition) is 9. The van der Waals surface area contributed by atoms with Gasteiger partial charge in [-0.2, -0.15) is 10.2 Å². The highest BCUT2D eigenvalue weighted by molar-refractivity contribution is 6.33. The van der Waals surface area contributed by atoms with Crippen molar-refractivity contribution in [2.45, 2.75) is 49.0 Å². The Morgan fingerprint density at radius 1 is 0.892 bits per heavy atom. The van der Waals surface area contributed by atoms with Crippen LogP contribution in [0.5, 0.6) is 0 Å². The van der Waals surface area contributed by atoms with Crippen LogP contribution in [0.15, 0.2) is 70.9 Å². The number of ether oxygens (including phenoxy) is 2. The summed E-state index contributed by atoms with van der Waals surface area (Å²) < 4.78 is 10.9. The fourth-order valence-corrected chi connectivity index (χ4v) is 3.48. The number of nitrogens with zero attached hydrogens (tertiary/aromatic N) is 2. The first-order valence-electron chi connectivity index (χ1n) is 11.5. The van der Waals surface area contributed by atoms with E-state index in [1.807, 2.05) is 6.07 Å². The van der Waals surface area contributed by atoms with Crippen LogP contribution in [-0.2, 0) is 9.47 Å². The lowest BCUT2D eigenvalue weighted by molar-refractivity contribution is -0.322. The maximum absolute atomic E-state index is 11.1. The van der Waals surface area contributed by atoms with Crippen molar-refractivity contribution in [1.29, 1.82) is 0 Å². The van der Waals surface area contributed by atoms with Crippen LogP contribution >= 0.6 is 0 Å². The van der Waals surface area contributed by atoms with Gasteiger partial charge in [0.1, 0.15) is 48.4 Å². The van der Waals surface area contributed by atoms with E-state index in [2.05, 4.69) is 21.1 Å². The molecular formula is C24H32N4O9. The monoisotopic (exact) mass is 520 g/mol. The maximum atomic E-state index is 11.1. The Labute approximate surface area is 212 Å². The second kappa shape index (κ2) is 14.1. The zero-order valence-corrected chi connectivity index (χ0v) is 19.7. The number of nitrogens with one attached hydrogen (secondary N) is 2. The highest BCUT2D eigenvalue weighted by atomic mass is 16.7. The van der Waals surface area contributed by atoms with Crippen molar-refractivity contribution in [2.24, 2.45) is 10.2 Å². The molecule has 0 bridgehead atoms. The number of aliphatic hydroxyl groups excluding tert-OH is 7. The zero-order valence-electron chi connectivity index (χ0n) is 19.7. The number of rotatable bonds is 12. The Hall–Kier alpha value is -2.98. The largest absolute Gasteiger partial charge is 0.394 e. The summed E-state index contributed by atoms with van der Waals surface area (Å²) in [6.07, 6.45) is -12.1. The van der Waals surface area contributed by atoms with E-state index in [1.54, 1.807) is 54.6 Å². The summed E-state index contributed by atoms with van der Waals surface area (Å²) in [5.74, 6) is 0.